The van der Waals surface area contributed by atoms with Gasteiger partial charge in [0.15, 0.2) is 0 Å². The largest absolute Gasteiger partial charge is 0.497 e. The highest BCUT2D eigenvalue weighted by molar-refractivity contribution is 5.76. The first kappa shape index (κ1) is 16.2. The minimum atomic E-state index is -0.00774. The standard InChI is InChI=1S/C18H21N3O3/c1-23-15-5-2-14(3-6-15)4-7-18(22)21-11-8-16(13-21)24-17-12-19-9-10-20-17/h2-3,5-6,9-10,12,16H,4,7-8,11,13H2,1H3/t16-/m0/s1. The molecule has 0 saturated carbocycles. The highest BCUT2D eigenvalue weighted by atomic mass is 16.5. The van der Waals surface area contributed by atoms with Crippen molar-refractivity contribution in [2.45, 2.75) is 25.4 Å². The molecule has 1 atom stereocenters. The number of hydrogen-bond acceptors (Lipinski definition) is 5. The summed E-state index contributed by atoms with van der Waals surface area (Å²) in [6.07, 6.45) is 6.85. The Balaban J connectivity index is 1.45. The SMILES string of the molecule is COc1ccc(CCC(=O)N2CC[C@H](Oc3cnccn3)C2)cc1. The maximum atomic E-state index is 12.4. The van der Waals surface area contributed by atoms with Gasteiger partial charge in [0.25, 0.3) is 0 Å². The van der Waals surface area contributed by atoms with Crippen molar-refractivity contribution in [3.8, 4) is 11.6 Å². The van der Waals surface area contributed by atoms with Crippen LogP contribution in [0.3, 0.4) is 0 Å². The third-order valence-electron chi connectivity index (χ3n) is 4.11. The molecule has 1 amide bonds. The van der Waals surface area contributed by atoms with Crippen LogP contribution in [0.15, 0.2) is 42.9 Å². The molecule has 6 heteroatoms. The van der Waals surface area contributed by atoms with Crippen LogP contribution in [0.2, 0.25) is 0 Å². The van der Waals surface area contributed by atoms with E-state index in [0.29, 0.717) is 18.8 Å². The summed E-state index contributed by atoms with van der Waals surface area (Å²) < 4.78 is 10.9. The van der Waals surface area contributed by atoms with Gasteiger partial charge in [-0.3, -0.25) is 9.78 Å². The minimum absolute atomic E-state index is 0.00774. The first-order valence-corrected chi connectivity index (χ1v) is 8.08. The molecule has 2 heterocycles. The van der Waals surface area contributed by atoms with Gasteiger partial charge < -0.3 is 14.4 Å². The summed E-state index contributed by atoms with van der Waals surface area (Å²) in [5.74, 6) is 1.50. The number of rotatable bonds is 6. The molecule has 6 nitrogen and oxygen atoms in total. The molecule has 0 unspecified atom stereocenters. The smallest absolute Gasteiger partial charge is 0.232 e. The van der Waals surface area contributed by atoms with E-state index in [1.54, 1.807) is 25.7 Å². The number of nitrogens with zero attached hydrogens (tertiary/aromatic N) is 3. The molecule has 24 heavy (non-hydrogen) atoms. The molecule has 0 aliphatic carbocycles. The van der Waals surface area contributed by atoms with E-state index >= 15 is 0 Å². The third kappa shape index (κ3) is 4.22. The van der Waals surface area contributed by atoms with Gasteiger partial charge in [0.2, 0.25) is 11.8 Å². The molecule has 2 aromatic rings. The van der Waals surface area contributed by atoms with E-state index in [1.165, 1.54) is 0 Å². The lowest BCUT2D eigenvalue weighted by Gasteiger charge is -2.17. The van der Waals surface area contributed by atoms with Crippen LogP contribution >= 0.6 is 0 Å². The Kier molecular flexibility index (Phi) is 5.25. The topological polar surface area (TPSA) is 64.5 Å². The molecule has 0 N–H and O–H groups in total. The number of benzene rings is 1. The predicted molar refractivity (Wildman–Crippen MR) is 89.0 cm³/mol. The van der Waals surface area contributed by atoms with Gasteiger partial charge in [0, 0.05) is 31.8 Å². The maximum Gasteiger partial charge on any atom is 0.232 e. The summed E-state index contributed by atoms with van der Waals surface area (Å²) in [6, 6.07) is 7.83. The first-order chi connectivity index (χ1) is 11.7. The van der Waals surface area contributed by atoms with Crippen LogP contribution < -0.4 is 9.47 Å². The molecular weight excluding hydrogens is 306 g/mol. The molecule has 3 rings (SSSR count). The second kappa shape index (κ2) is 7.77. The second-order valence-corrected chi connectivity index (χ2v) is 5.76. The summed E-state index contributed by atoms with van der Waals surface area (Å²) in [7, 11) is 1.64. The number of carbonyl (C=O) groups excluding carboxylic acids is 1. The van der Waals surface area contributed by atoms with Crippen molar-refractivity contribution >= 4 is 5.91 Å². The van der Waals surface area contributed by atoms with E-state index in [4.69, 9.17) is 9.47 Å². The Labute approximate surface area is 141 Å². The highest BCUT2D eigenvalue weighted by Gasteiger charge is 2.27. The van der Waals surface area contributed by atoms with Gasteiger partial charge in [0.05, 0.1) is 19.9 Å². The molecule has 1 saturated heterocycles. The molecule has 0 spiro atoms. The van der Waals surface area contributed by atoms with E-state index in [0.717, 1.165) is 30.7 Å². The van der Waals surface area contributed by atoms with Gasteiger partial charge in [-0.25, -0.2) is 4.98 Å². The first-order valence-electron chi connectivity index (χ1n) is 8.08. The summed E-state index contributed by atoms with van der Waals surface area (Å²) in [4.78, 5) is 22.3. The number of hydrogen-bond donors (Lipinski definition) is 0. The van der Waals surface area contributed by atoms with Crippen LogP contribution in [0.1, 0.15) is 18.4 Å². The normalized spacial score (nSPS) is 16.9. The lowest BCUT2D eigenvalue weighted by Crippen LogP contribution is -2.31. The fourth-order valence-electron chi connectivity index (χ4n) is 2.77. The Morgan fingerprint density at radius 1 is 1.29 bits per heavy atom. The fourth-order valence-corrected chi connectivity index (χ4v) is 2.77. The molecule has 1 aromatic carbocycles. The predicted octanol–water partition coefficient (Wildman–Crippen LogP) is 2.10. The van der Waals surface area contributed by atoms with Crippen molar-refractivity contribution < 1.29 is 14.3 Å². The molecule has 1 aliphatic heterocycles. The second-order valence-electron chi connectivity index (χ2n) is 5.76. The van der Waals surface area contributed by atoms with E-state index < -0.39 is 0 Å². The van der Waals surface area contributed by atoms with Gasteiger partial charge in [-0.1, -0.05) is 12.1 Å². The zero-order chi connectivity index (χ0) is 16.8. The number of likely N-dealkylation sites (tertiary alicyclic amines) is 1. The minimum Gasteiger partial charge on any atom is -0.497 e. The van der Waals surface area contributed by atoms with Crippen LogP contribution in [0.5, 0.6) is 11.6 Å². The maximum absolute atomic E-state index is 12.4. The van der Waals surface area contributed by atoms with Gasteiger partial charge in [-0.2, -0.15) is 0 Å². The number of amides is 1. The molecule has 1 fully saturated rings. The van der Waals surface area contributed by atoms with Gasteiger partial charge >= 0.3 is 0 Å². The Bertz CT molecular complexity index is 661. The lowest BCUT2D eigenvalue weighted by atomic mass is 10.1. The van der Waals surface area contributed by atoms with Crippen LogP contribution in [0.4, 0.5) is 0 Å². The number of ether oxygens (including phenoxy) is 2. The molecular formula is C18H21N3O3. The van der Waals surface area contributed by atoms with Crippen molar-refractivity contribution in [2.24, 2.45) is 0 Å². The quantitative estimate of drug-likeness (QED) is 0.813. The summed E-state index contributed by atoms with van der Waals surface area (Å²) in [5, 5.41) is 0. The van der Waals surface area contributed by atoms with Crippen LogP contribution in [-0.2, 0) is 11.2 Å². The van der Waals surface area contributed by atoms with Crippen molar-refractivity contribution in [1.29, 1.82) is 0 Å². The molecule has 1 aromatic heterocycles. The highest BCUT2D eigenvalue weighted by Crippen LogP contribution is 2.18. The Morgan fingerprint density at radius 2 is 2.12 bits per heavy atom. The van der Waals surface area contributed by atoms with Crippen molar-refractivity contribution in [3.63, 3.8) is 0 Å². The molecule has 1 aliphatic rings. The third-order valence-corrected chi connectivity index (χ3v) is 4.11. The zero-order valence-electron chi connectivity index (χ0n) is 13.7. The zero-order valence-corrected chi connectivity index (χ0v) is 13.7. The molecule has 0 bridgehead atoms. The number of methoxy groups -OCH3 is 1. The van der Waals surface area contributed by atoms with Crippen molar-refractivity contribution in [3.05, 3.63) is 48.4 Å². The van der Waals surface area contributed by atoms with Gasteiger partial charge in [-0.15, -0.1) is 0 Å². The van der Waals surface area contributed by atoms with Crippen LogP contribution in [0.25, 0.3) is 0 Å². The molecule has 126 valence electrons. The van der Waals surface area contributed by atoms with Crippen molar-refractivity contribution in [2.75, 3.05) is 20.2 Å². The number of carbonyl (C=O) groups is 1. The summed E-state index contributed by atoms with van der Waals surface area (Å²) in [6.45, 7) is 1.34. The average Bonchev–Trinajstić information content (AvgIpc) is 3.09. The van der Waals surface area contributed by atoms with E-state index in [1.807, 2.05) is 29.2 Å². The van der Waals surface area contributed by atoms with Gasteiger partial charge in [0.1, 0.15) is 11.9 Å². The van der Waals surface area contributed by atoms with Crippen molar-refractivity contribution in [1.82, 2.24) is 14.9 Å². The average molecular weight is 327 g/mol. The molecule has 0 radical (unpaired) electrons. The van der Waals surface area contributed by atoms with Crippen LogP contribution in [0, 0.1) is 0 Å². The van der Waals surface area contributed by atoms with E-state index in [2.05, 4.69) is 9.97 Å². The summed E-state index contributed by atoms with van der Waals surface area (Å²) in [5.41, 5.74) is 1.13. The van der Waals surface area contributed by atoms with E-state index in [-0.39, 0.29) is 12.0 Å². The van der Waals surface area contributed by atoms with E-state index in [9.17, 15) is 4.79 Å². The fraction of sp³-hybridized carbons (Fsp3) is 0.389. The monoisotopic (exact) mass is 327 g/mol. The Morgan fingerprint density at radius 3 is 2.83 bits per heavy atom. The van der Waals surface area contributed by atoms with Crippen LogP contribution in [-0.4, -0.2) is 47.1 Å². The number of aryl methyl sites for hydroxylation is 1. The Hall–Kier alpha value is -2.63. The number of aromatic nitrogens is 2. The summed E-state index contributed by atoms with van der Waals surface area (Å²) >= 11 is 0. The lowest BCUT2D eigenvalue weighted by molar-refractivity contribution is -0.130. The van der Waals surface area contributed by atoms with Gasteiger partial charge in [-0.05, 0) is 24.1 Å².